The van der Waals surface area contributed by atoms with Crippen LogP contribution in [0.1, 0.15) is 43.5 Å². The average Bonchev–Trinajstić information content (AvgIpc) is 3.42. The number of Topliss-reactive ketones (excluding diaryl/α,β-unsaturated/α-hetero) is 1. The fourth-order valence-corrected chi connectivity index (χ4v) is 4.80. The maximum absolute atomic E-state index is 14.6. The van der Waals surface area contributed by atoms with Crippen molar-refractivity contribution in [2.75, 3.05) is 13.1 Å². The summed E-state index contributed by atoms with van der Waals surface area (Å²) in [6, 6.07) is 5.93. The van der Waals surface area contributed by atoms with Gasteiger partial charge in [-0.3, -0.25) is 14.5 Å². The van der Waals surface area contributed by atoms with Gasteiger partial charge in [-0.05, 0) is 37.0 Å². The number of nitrogens with zero attached hydrogens (tertiary/aromatic N) is 2. The molecule has 0 radical (unpaired) electrons. The van der Waals surface area contributed by atoms with Crippen molar-refractivity contribution in [1.29, 1.82) is 0 Å². The molecule has 1 saturated heterocycles. The summed E-state index contributed by atoms with van der Waals surface area (Å²) in [5.41, 5.74) is 2.10. The number of ketones is 1. The Morgan fingerprint density at radius 1 is 1.31 bits per heavy atom. The Hall–Kier alpha value is -2.25. The molecule has 152 valence electrons. The lowest BCUT2D eigenvalue weighted by molar-refractivity contribution is -0.126. The van der Waals surface area contributed by atoms with Gasteiger partial charge in [-0.25, -0.2) is 9.37 Å². The van der Waals surface area contributed by atoms with Gasteiger partial charge in [0.15, 0.2) is 17.3 Å². The van der Waals surface area contributed by atoms with Crippen molar-refractivity contribution in [2.24, 2.45) is 5.92 Å². The van der Waals surface area contributed by atoms with Crippen LogP contribution in [0.2, 0.25) is 0 Å². The van der Waals surface area contributed by atoms with Crippen LogP contribution in [0.3, 0.4) is 0 Å². The van der Waals surface area contributed by atoms with Gasteiger partial charge in [0.2, 0.25) is 0 Å². The summed E-state index contributed by atoms with van der Waals surface area (Å²) in [5.74, 6) is -0.241. The Bertz CT molecular complexity index is 924. The summed E-state index contributed by atoms with van der Waals surface area (Å²) >= 11 is 1.29. The van der Waals surface area contributed by atoms with Crippen molar-refractivity contribution < 1.29 is 18.4 Å². The van der Waals surface area contributed by atoms with Crippen LogP contribution in [0.25, 0.3) is 6.08 Å². The van der Waals surface area contributed by atoms with E-state index in [9.17, 15) is 14.0 Å². The number of carbonyl (C=O) groups excluding carboxylic acids is 2. The lowest BCUT2D eigenvalue weighted by Gasteiger charge is -2.38. The van der Waals surface area contributed by atoms with Crippen molar-refractivity contribution in [1.82, 2.24) is 9.88 Å². The van der Waals surface area contributed by atoms with E-state index >= 15 is 0 Å². The zero-order valence-corrected chi connectivity index (χ0v) is 17.0. The van der Waals surface area contributed by atoms with E-state index in [1.807, 2.05) is 11.0 Å². The Morgan fingerprint density at radius 2 is 2.10 bits per heavy atom. The van der Waals surface area contributed by atoms with Crippen molar-refractivity contribution in [3.8, 4) is 0 Å². The molecule has 0 N–H and O–H groups in total. The molecule has 0 bridgehead atoms. The maximum Gasteiger partial charge on any atom is 0.186 e. The van der Waals surface area contributed by atoms with Crippen LogP contribution >= 0.6 is 11.8 Å². The van der Waals surface area contributed by atoms with Crippen molar-refractivity contribution in [3.05, 3.63) is 59.6 Å². The minimum absolute atomic E-state index is 0.0118. The second kappa shape index (κ2) is 8.63. The molecule has 5 nitrogen and oxygen atoms in total. The smallest absolute Gasteiger partial charge is 0.186 e. The minimum Gasteiger partial charge on any atom is -0.451 e. The van der Waals surface area contributed by atoms with Gasteiger partial charge >= 0.3 is 0 Å². The van der Waals surface area contributed by atoms with Gasteiger partial charge in [0.1, 0.15) is 17.8 Å². The van der Waals surface area contributed by atoms with E-state index in [2.05, 4.69) is 4.98 Å². The first-order chi connectivity index (χ1) is 14.0. The molecule has 1 aromatic carbocycles. The van der Waals surface area contributed by atoms with E-state index < -0.39 is 6.04 Å². The van der Waals surface area contributed by atoms with Gasteiger partial charge in [-0.15, -0.1) is 0 Å². The van der Waals surface area contributed by atoms with Crippen LogP contribution in [-0.2, 0) is 9.59 Å². The number of carbonyl (C=O) groups is 2. The number of aromatic nitrogens is 1. The molecular formula is C22H23FN2O3S. The predicted molar refractivity (Wildman–Crippen MR) is 110 cm³/mol. The topological polar surface area (TPSA) is 63.4 Å². The number of hydrogen-bond donors (Lipinski definition) is 0. The molecule has 2 unspecified atom stereocenters. The molecule has 4 rings (SSSR count). The monoisotopic (exact) mass is 414 g/mol. The quantitative estimate of drug-likeness (QED) is 0.703. The zero-order valence-electron chi connectivity index (χ0n) is 16.2. The van der Waals surface area contributed by atoms with Crippen LogP contribution in [-0.4, -0.2) is 39.1 Å². The molecule has 1 saturated carbocycles. The van der Waals surface area contributed by atoms with Crippen LogP contribution in [0, 0.1) is 11.7 Å². The zero-order chi connectivity index (χ0) is 20.4. The number of thioether (sulfide) groups is 1. The number of piperidine rings is 1. The average molecular weight is 415 g/mol. The predicted octanol–water partition coefficient (Wildman–Crippen LogP) is 4.27. The second-order valence-electron chi connectivity index (χ2n) is 7.59. The number of hydrogen-bond acceptors (Lipinski definition) is 6. The van der Waals surface area contributed by atoms with Gasteiger partial charge in [0, 0.05) is 36.7 Å². The van der Waals surface area contributed by atoms with Crippen molar-refractivity contribution >= 4 is 28.7 Å². The van der Waals surface area contributed by atoms with Gasteiger partial charge in [-0.2, -0.15) is 0 Å². The highest BCUT2D eigenvalue weighted by Gasteiger charge is 2.41. The fourth-order valence-electron chi connectivity index (χ4n) is 3.88. The largest absolute Gasteiger partial charge is 0.451 e. The molecule has 7 heteroatoms. The lowest BCUT2D eigenvalue weighted by Crippen LogP contribution is -2.43. The molecule has 2 aliphatic rings. The first-order valence-corrected chi connectivity index (χ1v) is 10.7. The first-order valence-electron chi connectivity index (χ1n) is 9.81. The summed E-state index contributed by atoms with van der Waals surface area (Å²) in [7, 11) is 0. The normalized spacial score (nSPS) is 22.6. The molecule has 2 aromatic rings. The molecule has 1 aliphatic heterocycles. The Kier molecular flexibility index (Phi) is 5.96. The molecular weight excluding hydrogens is 391 g/mol. The van der Waals surface area contributed by atoms with E-state index in [-0.39, 0.29) is 27.9 Å². The number of oxazole rings is 1. The standard InChI is InChI=1S/C22H23FN2O3S/c1-14(26)29-20-8-9-25(11-16(20)10-17-12-28-13-24-17)21(22(27)15-6-7-15)18-4-2-3-5-19(18)23/h2-5,10,12-13,15,20-21H,6-9,11H2,1H3. The highest BCUT2D eigenvalue weighted by atomic mass is 32.2. The van der Waals surface area contributed by atoms with Gasteiger partial charge in [0.25, 0.3) is 0 Å². The van der Waals surface area contributed by atoms with Gasteiger partial charge in [0.05, 0.1) is 6.04 Å². The molecule has 29 heavy (non-hydrogen) atoms. The molecule has 1 aromatic heterocycles. The molecule has 1 aliphatic carbocycles. The van der Waals surface area contributed by atoms with Gasteiger partial charge in [-0.1, -0.05) is 30.0 Å². The summed E-state index contributed by atoms with van der Waals surface area (Å²) in [5, 5.41) is 0.0620. The highest BCUT2D eigenvalue weighted by molar-refractivity contribution is 8.14. The van der Waals surface area contributed by atoms with E-state index in [4.69, 9.17) is 4.42 Å². The van der Waals surface area contributed by atoms with Gasteiger partial charge < -0.3 is 4.42 Å². The van der Waals surface area contributed by atoms with Crippen LogP contribution in [0.5, 0.6) is 0 Å². The fraction of sp³-hybridized carbons (Fsp3) is 0.409. The number of likely N-dealkylation sites (tertiary alicyclic amines) is 1. The Morgan fingerprint density at radius 3 is 2.76 bits per heavy atom. The second-order valence-corrected chi connectivity index (χ2v) is 8.97. The summed E-state index contributed by atoms with van der Waals surface area (Å²) in [4.78, 5) is 31.1. The Labute approximate surface area is 173 Å². The third-order valence-electron chi connectivity index (χ3n) is 5.38. The van der Waals surface area contributed by atoms with E-state index in [0.717, 1.165) is 18.4 Å². The van der Waals surface area contributed by atoms with E-state index in [1.165, 1.54) is 24.2 Å². The summed E-state index contributed by atoms with van der Waals surface area (Å²) < 4.78 is 19.7. The maximum atomic E-state index is 14.6. The van der Waals surface area contributed by atoms with Crippen LogP contribution in [0.4, 0.5) is 4.39 Å². The molecule has 0 amide bonds. The third-order valence-corrected chi connectivity index (χ3v) is 6.54. The number of rotatable bonds is 6. The SMILES string of the molecule is CC(=O)SC1CCN(C(C(=O)C2CC2)c2ccccc2F)CC1=Cc1cocn1. The Balaban J connectivity index is 1.66. The molecule has 2 fully saturated rings. The van der Waals surface area contributed by atoms with E-state index in [1.54, 1.807) is 31.4 Å². The molecule has 2 heterocycles. The number of halogens is 1. The van der Waals surface area contributed by atoms with Crippen molar-refractivity contribution in [3.63, 3.8) is 0 Å². The lowest BCUT2D eigenvalue weighted by atomic mass is 9.93. The minimum atomic E-state index is -0.604. The van der Waals surface area contributed by atoms with Crippen LogP contribution in [0.15, 0.2) is 46.9 Å². The summed E-state index contributed by atoms with van der Waals surface area (Å²) in [6.07, 6.45) is 7.28. The van der Waals surface area contributed by atoms with E-state index in [0.29, 0.717) is 30.8 Å². The first kappa shape index (κ1) is 20.0. The van der Waals surface area contributed by atoms with Crippen molar-refractivity contribution in [2.45, 2.75) is 37.5 Å². The third kappa shape index (κ3) is 4.67. The number of benzene rings is 1. The molecule has 2 atom stereocenters. The molecule has 0 spiro atoms. The van der Waals surface area contributed by atoms with Crippen LogP contribution < -0.4 is 0 Å². The summed E-state index contributed by atoms with van der Waals surface area (Å²) in [6.45, 7) is 2.66. The highest BCUT2D eigenvalue weighted by Crippen LogP contribution is 2.40.